The van der Waals surface area contributed by atoms with Gasteiger partial charge in [-0.15, -0.1) is 0 Å². The van der Waals surface area contributed by atoms with Gasteiger partial charge >= 0.3 is 0 Å². The Morgan fingerprint density at radius 3 is 1.81 bits per heavy atom. The molecule has 0 saturated carbocycles. The molecule has 0 radical (unpaired) electrons. The lowest BCUT2D eigenvalue weighted by Crippen LogP contribution is -2.45. The minimum absolute atomic E-state index is 0.138. The van der Waals surface area contributed by atoms with Gasteiger partial charge < -0.3 is 0 Å². The van der Waals surface area contributed by atoms with Crippen molar-refractivity contribution in [2.24, 2.45) is 4.99 Å². The summed E-state index contributed by atoms with van der Waals surface area (Å²) in [4.78, 5) is 46.1. The number of amidine groups is 1. The zero-order chi connectivity index (χ0) is 24.7. The minimum atomic E-state index is -1.02. The fraction of sp³-hybridized carbons (Fsp3) is 0.0323. The number of ketones is 1. The molecule has 0 N–H and O–H groups in total. The summed E-state index contributed by atoms with van der Waals surface area (Å²) < 4.78 is 0. The van der Waals surface area contributed by atoms with Crippen LogP contribution < -0.4 is 0 Å². The van der Waals surface area contributed by atoms with Crippen LogP contribution in [-0.4, -0.2) is 28.3 Å². The lowest BCUT2D eigenvalue weighted by Gasteiger charge is -2.35. The van der Waals surface area contributed by atoms with Crippen molar-refractivity contribution in [3.05, 3.63) is 144 Å². The van der Waals surface area contributed by atoms with Gasteiger partial charge in [-0.05, 0) is 64.9 Å². The molecule has 1 heterocycles. The maximum Gasteiger partial charge on any atom is 0.266 e. The molecule has 1 spiro atoms. The molecule has 2 aliphatic rings. The van der Waals surface area contributed by atoms with E-state index in [-0.39, 0.29) is 11.6 Å². The molecular formula is C31H20N2O3. The third kappa shape index (κ3) is 3.41. The molecule has 6 rings (SSSR count). The van der Waals surface area contributed by atoms with Crippen LogP contribution in [0.1, 0.15) is 31.8 Å². The first-order valence-electron chi connectivity index (χ1n) is 11.6. The van der Waals surface area contributed by atoms with E-state index >= 15 is 0 Å². The molecule has 2 amide bonds. The van der Waals surface area contributed by atoms with Crippen molar-refractivity contribution in [2.45, 2.75) is 5.54 Å². The molecule has 0 unspecified atom stereocenters. The fourth-order valence-electron chi connectivity index (χ4n) is 4.82. The van der Waals surface area contributed by atoms with Crippen molar-refractivity contribution in [2.75, 3.05) is 0 Å². The second-order valence-electron chi connectivity index (χ2n) is 8.72. The number of hydrogen-bond donors (Lipinski definition) is 0. The third-order valence-corrected chi connectivity index (χ3v) is 6.53. The molecule has 36 heavy (non-hydrogen) atoms. The number of carbonyl (C=O) groups excluding carboxylic acids is 3. The van der Waals surface area contributed by atoms with Gasteiger partial charge in [0.15, 0.2) is 5.78 Å². The molecule has 4 aromatic carbocycles. The van der Waals surface area contributed by atoms with Crippen LogP contribution in [0.15, 0.2) is 126 Å². The molecule has 5 heteroatoms. The van der Waals surface area contributed by atoms with Crippen molar-refractivity contribution in [3.63, 3.8) is 0 Å². The summed E-state index contributed by atoms with van der Waals surface area (Å²) in [6.07, 6.45) is 6.43. The second-order valence-corrected chi connectivity index (χ2v) is 8.72. The molecule has 0 aromatic heterocycles. The van der Waals surface area contributed by atoms with Crippen LogP contribution in [0.4, 0.5) is 0 Å². The maximum atomic E-state index is 13.9. The van der Waals surface area contributed by atoms with Crippen molar-refractivity contribution < 1.29 is 14.4 Å². The van der Waals surface area contributed by atoms with E-state index in [2.05, 4.69) is 0 Å². The van der Waals surface area contributed by atoms with Gasteiger partial charge in [0.2, 0.25) is 0 Å². The second kappa shape index (κ2) is 8.40. The lowest BCUT2D eigenvalue weighted by atomic mass is 9.79. The molecular weight excluding hydrogens is 448 g/mol. The number of hydrogen-bond acceptors (Lipinski definition) is 4. The SMILES string of the molecule is O=C1C=CC2(C=C1)N=C(N(C(=O)c1ccccc1)C(=O)c1ccccc1)c1cccc3cccc2c13. The molecule has 1 aliphatic heterocycles. The summed E-state index contributed by atoms with van der Waals surface area (Å²) >= 11 is 0. The van der Waals surface area contributed by atoms with E-state index in [9.17, 15) is 14.4 Å². The first kappa shape index (κ1) is 21.6. The van der Waals surface area contributed by atoms with Gasteiger partial charge in [-0.2, -0.15) is 0 Å². The Morgan fingerprint density at radius 2 is 1.22 bits per heavy atom. The zero-order valence-corrected chi connectivity index (χ0v) is 19.2. The predicted octanol–water partition coefficient (Wildman–Crippen LogP) is 5.47. The average molecular weight is 469 g/mol. The van der Waals surface area contributed by atoms with Crippen LogP contribution in [0.3, 0.4) is 0 Å². The summed E-state index contributed by atoms with van der Waals surface area (Å²) in [5.41, 5.74) is 1.28. The highest BCUT2D eigenvalue weighted by Gasteiger charge is 2.40. The highest BCUT2D eigenvalue weighted by atomic mass is 16.2. The monoisotopic (exact) mass is 468 g/mol. The van der Waals surface area contributed by atoms with Gasteiger partial charge in [0, 0.05) is 16.7 Å². The highest BCUT2D eigenvalue weighted by Crippen LogP contribution is 2.42. The van der Waals surface area contributed by atoms with Crippen molar-refractivity contribution in [3.8, 4) is 0 Å². The first-order chi connectivity index (χ1) is 17.6. The number of rotatable bonds is 2. The van der Waals surface area contributed by atoms with E-state index in [1.165, 1.54) is 12.2 Å². The lowest BCUT2D eigenvalue weighted by molar-refractivity contribution is -0.110. The van der Waals surface area contributed by atoms with Gasteiger partial charge in [0.25, 0.3) is 11.8 Å². The van der Waals surface area contributed by atoms with Crippen LogP contribution >= 0.6 is 0 Å². The standard InChI is InChI=1S/C31H20N2O3/c34-24-17-19-31(20-18-24)26-16-8-14-21-13-7-15-25(27(21)26)28(32-31)33(29(35)22-9-3-1-4-10-22)30(36)23-11-5-2-6-12-23/h1-20H. The minimum Gasteiger partial charge on any atom is -0.290 e. The van der Waals surface area contributed by atoms with Crippen molar-refractivity contribution in [1.82, 2.24) is 4.90 Å². The van der Waals surface area contributed by atoms with E-state index in [1.807, 2.05) is 48.5 Å². The molecule has 0 fully saturated rings. The molecule has 1 aliphatic carbocycles. The smallest absolute Gasteiger partial charge is 0.266 e. The Hall–Kier alpha value is -4.90. The molecule has 4 aromatic rings. The largest absolute Gasteiger partial charge is 0.290 e. The number of fused-ring (bicyclic) bond motifs is 1. The van der Waals surface area contributed by atoms with E-state index in [4.69, 9.17) is 4.99 Å². The first-order valence-corrected chi connectivity index (χ1v) is 11.6. The van der Waals surface area contributed by atoms with E-state index < -0.39 is 17.4 Å². The Balaban J connectivity index is 1.64. The Bertz CT molecular complexity index is 1560. The Morgan fingerprint density at radius 1 is 0.667 bits per heavy atom. The summed E-state index contributed by atoms with van der Waals surface area (Å²) in [6, 6.07) is 29.1. The number of aliphatic imine (C=N–C) groups is 1. The van der Waals surface area contributed by atoms with Gasteiger partial charge in [-0.1, -0.05) is 72.8 Å². The number of amides is 2. The van der Waals surface area contributed by atoms with Crippen molar-refractivity contribution >= 4 is 34.2 Å². The maximum absolute atomic E-state index is 13.9. The summed E-state index contributed by atoms with van der Waals surface area (Å²) in [5.74, 6) is -0.851. The Kier molecular flexibility index (Phi) is 5.04. The number of allylic oxidation sites excluding steroid dienone is 2. The predicted molar refractivity (Wildman–Crippen MR) is 139 cm³/mol. The van der Waals surface area contributed by atoms with Crippen LogP contribution in [0.25, 0.3) is 10.8 Å². The highest BCUT2D eigenvalue weighted by molar-refractivity contribution is 6.29. The normalized spacial score (nSPS) is 15.1. The summed E-state index contributed by atoms with van der Waals surface area (Å²) in [5, 5.41) is 1.84. The van der Waals surface area contributed by atoms with Crippen molar-refractivity contribution in [1.29, 1.82) is 0 Å². The quantitative estimate of drug-likeness (QED) is 0.366. The Labute approximate surface area is 207 Å². The molecule has 172 valence electrons. The molecule has 0 bridgehead atoms. The molecule has 0 saturated heterocycles. The number of benzene rings is 4. The van der Waals surface area contributed by atoms with E-state index in [1.54, 1.807) is 60.7 Å². The number of nitrogens with zero attached hydrogens (tertiary/aromatic N) is 2. The molecule has 5 nitrogen and oxygen atoms in total. The van der Waals surface area contributed by atoms with Crippen LogP contribution in [0.5, 0.6) is 0 Å². The van der Waals surface area contributed by atoms with Crippen LogP contribution in [-0.2, 0) is 10.3 Å². The number of carbonyl (C=O) groups is 3. The number of imide groups is 1. The van der Waals surface area contributed by atoms with Gasteiger partial charge in [0.1, 0.15) is 11.4 Å². The van der Waals surface area contributed by atoms with Gasteiger partial charge in [0.05, 0.1) is 0 Å². The van der Waals surface area contributed by atoms with Crippen LogP contribution in [0, 0.1) is 0 Å². The van der Waals surface area contributed by atoms with E-state index in [0.717, 1.165) is 21.2 Å². The summed E-state index contributed by atoms with van der Waals surface area (Å²) in [7, 11) is 0. The molecule has 0 atom stereocenters. The van der Waals surface area contributed by atoms with Gasteiger partial charge in [-0.25, -0.2) is 9.89 Å². The zero-order valence-electron chi connectivity index (χ0n) is 19.2. The summed E-state index contributed by atoms with van der Waals surface area (Å²) in [6.45, 7) is 0. The third-order valence-electron chi connectivity index (χ3n) is 6.53. The average Bonchev–Trinajstić information content (AvgIpc) is 2.94. The topological polar surface area (TPSA) is 66.8 Å². The fourth-order valence-corrected chi connectivity index (χ4v) is 4.82. The van der Waals surface area contributed by atoms with Crippen LogP contribution in [0.2, 0.25) is 0 Å². The van der Waals surface area contributed by atoms with Gasteiger partial charge in [-0.3, -0.25) is 14.4 Å². The van der Waals surface area contributed by atoms with E-state index in [0.29, 0.717) is 16.7 Å².